The molecule has 0 spiro atoms. The first-order chi connectivity index (χ1) is 15.5. The van der Waals surface area contributed by atoms with Gasteiger partial charge in [-0.1, -0.05) is 12.1 Å². The number of ether oxygens (including phenoxy) is 1. The van der Waals surface area contributed by atoms with Gasteiger partial charge in [-0.05, 0) is 81.4 Å². The molecular formula is C25H29F3N4O. The SMILES string of the molecule is CC(C)(CC(=NC1C2CC3CC1CC(C#N)(C3)C2)NC#N)OCc1ccc(C(F)(F)F)cc1. The van der Waals surface area contributed by atoms with Crippen LogP contribution in [-0.4, -0.2) is 17.5 Å². The van der Waals surface area contributed by atoms with Crippen molar-refractivity contribution < 1.29 is 17.9 Å². The summed E-state index contributed by atoms with van der Waals surface area (Å²) in [6, 6.07) is 7.65. The summed E-state index contributed by atoms with van der Waals surface area (Å²) in [5, 5.41) is 21.7. The normalized spacial score (nSPS) is 31.2. The number of hydrogen-bond donors (Lipinski definition) is 1. The second-order valence-electron chi connectivity index (χ2n) is 10.6. The maximum absolute atomic E-state index is 12.8. The molecule has 4 fully saturated rings. The summed E-state index contributed by atoms with van der Waals surface area (Å²) in [5.74, 6) is 1.94. The van der Waals surface area contributed by atoms with Crippen LogP contribution in [0.25, 0.3) is 0 Å². The smallest absolute Gasteiger partial charge is 0.370 e. The number of nitrogens with zero attached hydrogens (tertiary/aromatic N) is 3. The summed E-state index contributed by atoms with van der Waals surface area (Å²) >= 11 is 0. The summed E-state index contributed by atoms with van der Waals surface area (Å²) in [7, 11) is 0. The first-order valence-corrected chi connectivity index (χ1v) is 11.5. The predicted octanol–water partition coefficient (Wildman–Crippen LogP) is 5.58. The number of benzene rings is 1. The molecule has 0 amide bonds. The molecule has 2 unspecified atom stereocenters. The standard InChI is InChI=1S/C25H29F3N4O/c1-23(2,33-13-16-3-5-20(6-4-16)25(26,27)28)12-21(31-15-30)32-22-18-7-17-8-19(22)11-24(9-17,10-18)14-29/h3-6,17-19,22H,7-13H2,1-2H3,(H,31,32). The number of rotatable bonds is 6. The predicted molar refractivity (Wildman–Crippen MR) is 117 cm³/mol. The first kappa shape index (κ1) is 23.6. The lowest BCUT2D eigenvalue weighted by Crippen LogP contribution is -2.53. The molecule has 8 heteroatoms. The zero-order valence-electron chi connectivity index (χ0n) is 19.0. The van der Waals surface area contributed by atoms with Crippen LogP contribution in [0.1, 0.15) is 63.5 Å². The molecule has 0 aliphatic heterocycles. The fourth-order valence-corrected chi connectivity index (χ4v) is 6.23. The molecule has 0 aromatic heterocycles. The Balaban J connectivity index is 1.41. The molecule has 1 aromatic carbocycles. The van der Waals surface area contributed by atoms with Crippen LogP contribution in [0.2, 0.25) is 0 Å². The van der Waals surface area contributed by atoms with E-state index >= 15 is 0 Å². The van der Waals surface area contributed by atoms with Crippen molar-refractivity contribution in [1.29, 1.82) is 10.5 Å². The molecule has 4 bridgehead atoms. The van der Waals surface area contributed by atoms with Crippen LogP contribution in [0.3, 0.4) is 0 Å². The quantitative estimate of drug-likeness (QED) is 0.261. The highest BCUT2D eigenvalue weighted by atomic mass is 19.4. The summed E-state index contributed by atoms with van der Waals surface area (Å²) in [5.41, 5.74) is -0.904. The van der Waals surface area contributed by atoms with E-state index in [-0.39, 0.29) is 18.1 Å². The van der Waals surface area contributed by atoms with Crippen molar-refractivity contribution in [3.8, 4) is 12.3 Å². The maximum atomic E-state index is 12.8. The van der Waals surface area contributed by atoms with E-state index in [1.54, 1.807) is 0 Å². The van der Waals surface area contributed by atoms with Gasteiger partial charge in [-0.2, -0.15) is 23.7 Å². The molecule has 0 radical (unpaired) electrons. The van der Waals surface area contributed by atoms with Gasteiger partial charge < -0.3 is 4.74 Å². The highest BCUT2D eigenvalue weighted by Crippen LogP contribution is 2.60. The summed E-state index contributed by atoms with van der Waals surface area (Å²) in [4.78, 5) is 4.98. The average molecular weight is 459 g/mol. The minimum absolute atomic E-state index is 0.115. The van der Waals surface area contributed by atoms with E-state index in [1.165, 1.54) is 12.1 Å². The van der Waals surface area contributed by atoms with Gasteiger partial charge in [0.05, 0.1) is 35.3 Å². The minimum Gasteiger partial charge on any atom is -0.370 e. The van der Waals surface area contributed by atoms with Gasteiger partial charge in [-0.3, -0.25) is 10.3 Å². The second kappa shape index (κ2) is 8.65. The number of halogens is 3. The van der Waals surface area contributed by atoms with Crippen LogP contribution in [0.5, 0.6) is 0 Å². The Morgan fingerprint density at radius 3 is 2.30 bits per heavy atom. The molecular weight excluding hydrogens is 429 g/mol. The first-order valence-electron chi connectivity index (χ1n) is 11.5. The van der Waals surface area contributed by atoms with Crippen molar-refractivity contribution >= 4 is 5.84 Å². The Labute approximate surface area is 192 Å². The van der Waals surface area contributed by atoms with Gasteiger partial charge in [0.15, 0.2) is 6.19 Å². The molecule has 0 heterocycles. The molecule has 5 nitrogen and oxygen atoms in total. The largest absolute Gasteiger partial charge is 0.416 e. The van der Waals surface area contributed by atoms with Gasteiger partial charge in [0.2, 0.25) is 0 Å². The summed E-state index contributed by atoms with van der Waals surface area (Å²) in [6.45, 7) is 3.92. The Hall–Kier alpha value is -2.58. The topological polar surface area (TPSA) is 81.2 Å². The molecule has 5 rings (SSSR count). The fraction of sp³-hybridized carbons (Fsp3) is 0.640. The van der Waals surface area contributed by atoms with Crippen LogP contribution >= 0.6 is 0 Å². The summed E-state index contributed by atoms with van der Waals surface area (Å²) in [6.07, 6.45) is 2.98. The van der Waals surface area contributed by atoms with E-state index < -0.39 is 17.3 Å². The Kier molecular flexibility index (Phi) is 6.18. The number of amidine groups is 1. The van der Waals surface area contributed by atoms with E-state index in [9.17, 15) is 23.7 Å². The monoisotopic (exact) mass is 458 g/mol. The molecule has 1 aromatic rings. The minimum atomic E-state index is -4.36. The summed E-state index contributed by atoms with van der Waals surface area (Å²) < 4.78 is 44.3. The van der Waals surface area contributed by atoms with Gasteiger partial charge in [-0.25, -0.2) is 0 Å². The lowest BCUT2D eigenvalue weighted by molar-refractivity contribution is -0.137. The molecule has 4 saturated carbocycles. The Morgan fingerprint density at radius 1 is 1.12 bits per heavy atom. The van der Waals surface area contributed by atoms with E-state index in [0.29, 0.717) is 35.6 Å². The number of nitriles is 2. The van der Waals surface area contributed by atoms with Crippen molar-refractivity contribution in [2.24, 2.45) is 28.2 Å². The third-order valence-corrected chi connectivity index (χ3v) is 7.47. The van der Waals surface area contributed by atoms with Gasteiger partial charge in [0.1, 0.15) is 5.84 Å². The number of nitrogens with one attached hydrogen (secondary N) is 1. The van der Waals surface area contributed by atoms with Crippen LogP contribution in [0.15, 0.2) is 29.3 Å². The van der Waals surface area contributed by atoms with Crippen molar-refractivity contribution in [3.63, 3.8) is 0 Å². The third kappa shape index (κ3) is 5.17. The third-order valence-electron chi connectivity index (χ3n) is 7.47. The van der Waals surface area contributed by atoms with Gasteiger partial charge >= 0.3 is 6.18 Å². The van der Waals surface area contributed by atoms with Crippen LogP contribution in [0.4, 0.5) is 13.2 Å². The molecule has 2 atom stereocenters. The molecule has 1 N–H and O–H groups in total. The number of aliphatic imine (C=N–C) groups is 1. The lowest BCUT2D eigenvalue weighted by atomic mass is 9.48. The van der Waals surface area contributed by atoms with Crippen LogP contribution in [0, 0.1) is 46.0 Å². The maximum Gasteiger partial charge on any atom is 0.416 e. The molecule has 4 aliphatic rings. The molecule has 4 aliphatic carbocycles. The highest BCUT2D eigenvalue weighted by Gasteiger charge is 2.55. The zero-order valence-corrected chi connectivity index (χ0v) is 19.0. The van der Waals surface area contributed by atoms with Crippen molar-refractivity contribution in [2.75, 3.05) is 0 Å². The van der Waals surface area contributed by atoms with Crippen LogP contribution < -0.4 is 5.32 Å². The number of hydrogen-bond acceptors (Lipinski definition) is 4. The van der Waals surface area contributed by atoms with E-state index in [0.717, 1.165) is 44.2 Å². The van der Waals surface area contributed by atoms with E-state index in [1.807, 2.05) is 20.0 Å². The fourth-order valence-electron chi connectivity index (χ4n) is 6.23. The van der Waals surface area contributed by atoms with E-state index in [4.69, 9.17) is 9.73 Å². The molecule has 176 valence electrons. The highest BCUT2D eigenvalue weighted by molar-refractivity contribution is 5.84. The molecule has 0 saturated heterocycles. The van der Waals surface area contributed by atoms with Gasteiger partial charge in [-0.15, -0.1) is 0 Å². The van der Waals surface area contributed by atoms with Crippen LogP contribution in [-0.2, 0) is 17.5 Å². The molecule has 33 heavy (non-hydrogen) atoms. The Bertz CT molecular complexity index is 971. The average Bonchev–Trinajstić information content (AvgIpc) is 2.74. The second-order valence-corrected chi connectivity index (χ2v) is 10.6. The Morgan fingerprint density at radius 2 is 1.76 bits per heavy atom. The number of alkyl halides is 3. The van der Waals surface area contributed by atoms with Crippen molar-refractivity contribution in [2.45, 2.75) is 76.8 Å². The van der Waals surface area contributed by atoms with Crippen molar-refractivity contribution in [3.05, 3.63) is 35.4 Å². The van der Waals surface area contributed by atoms with Crippen molar-refractivity contribution in [1.82, 2.24) is 5.32 Å². The van der Waals surface area contributed by atoms with Gasteiger partial charge in [0.25, 0.3) is 0 Å². The van der Waals surface area contributed by atoms with Gasteiger partial charge in [0, 0.05) is 6.42 Å². The lowest BCUT2D eigenvalue weighted by Gasteiger charge is -2.56. The zero-order chi connectivity index (χ0) is 23.9. The van der Waals surface area contributed by atoms with E-state index in [2.05, 4.69) is 11.4 Å².